The van der Waals surface area contributed by atoms with Gasteiger partial charge in [-0.05, 0) is 65.4 Å². The second kappa shape index (κ2) is 8.65. The van der Waals surface area contributed by atoms with E-state index < -0.39 is 20.5 Å². The van der Waals surface area contributed by atoms with E-state index in [9.17, 15) is 13.2 Å². The van der Waals surface area contributed by atoms with Crippen LogP contribution in [0, 0.1) is 0 Å². The Morgan fingerprint density at radius 1 is 1.19 bits per heavy atom. The first kappa shape index (κ1) is 21.1. The summed E-state index contributed by atoms with van der Waals surface area (Å²) in [6, 6.07) is 12.4. The average molecular weight is 460 g/mol. The van der Waals surface area contributed by atoms with Crippen molar-refractivity contribution < 1.29 is 18.4 Å². The summed E-state index contributed by atoms with van der Waals surface area (Å²) >= 11 is 5.14. The van der Waals surface area contributed by atoms with Crippen molar-refractivity contribution in [2.24, 2.45) is 0 Å². The van der Waals surface area contributed by atoms with Gasteiger partial charge >= 0.3 is 0 Å². The molecule has 0 saturated heterocycles. The Labute approximate surface area is 166 Å². The molecule has 5 nitrogen and oxygen atoms in total. The first-order chi connectivity index (χ1) is 12.2. The Kier molecular flexibility index (Phi) is 7.01. The number of aryl methyl sites for hydroxylation is 1. The molecule has 1 amide bonds. The molecular formula is C18H22BrNO4S2. The van der Waals surface area contributed by atoms with Gasteiger partial charge in [-0.3, -0.25) is 10.0 Å². The highest BCUT2D eigenvalue weighted by molar-refractivity contribution is 9.11. The van der Waals surface area contributed by atoms with Crippen LogP contribution in [0.2, 0.25) is 0 Å². The van der Waals surface area contributed by atoms with Crippen LogP contribution in [-0.2, 0) is 21.1 Å². The third-order valence-electron chi connectivity index (χ3n) is 4.58. The van der Waals surface area contributed by atoms with Crippen molar-refractivity contribution in [1.82, 2.24) is 5.48 Å². The summed E-state index contributed by atoms with van der Waals surface area (Å²) in [7, 11) is -3.63. The number of hydrogen-bond acceptors (Lipinski definition) is 5. The fourth-order valence-electron chi connectivity index (χ4n) is 2.68. The highest BCUT2D eigenvalue weighted by Gasteiger charge is 2.42. The molecule has 1 unspecified atom stereocenters. The van der Waals surface area contributed by atoms with E-state index in [0.717, 1.165) is 34.0 Å². The molecule has 2 aromatic rings. The molecule has 1 aromatic heterocycles. The minimum absolute atomic E-state index is 0.166. The molecule has 0 aliphatic carbocycles. The summed E-state index contributed by atoms with van der Waals surface area (Å²) in [6.45, 7) is 1.35. The summed E-state index contributed by atoms with van der Waals surface area (Å²) in [4.78, 5) is 13.0. The van der Waals surface area contributed by atoms with E-state index in [0.29, 0.717) is 6.42 Å². The fraction of sp³-hybridized carbons (Fsp3) is 0.389. The molecule has 0 radical (unpaired) electrons. The maximum absolute atomic E-state index is 11.9. The molecule has 1 heterocycles. The van der Waals surface area contributed by atoms with E-state index in [1.54, 1.807) is 11.3 Å². The summed E-state index contributed by atoms with van der Waals surface area (Å²) in [6.07, 6.45) is 3.31. The van der Waals surface area contributed by atoms with Crippen molar-refractivity contribution in [3.63, 3.8) is 0 Å². The zero-order valence-electron chi connectivity index (χ0n) is 14.7. The second-order valence-corrected chi connectivity index (χ2v) is 11.4. The standard InChI is InChI=1S/C18H22BrNO4S2/c1-18(17(21)20-22,26(2,23)24)12-4-3-5-13-6-8-14(9-7-13)15-10-11-16(19)25-15/h6-11,22H,3-5,12H2,1-2H3,(H,20,21). The van der Waals surface area contributed by atoms with Crippen LogP contribution in [0.15, 0.2) is 40.2 Å². The molecule has 1 aromatic carbocycles. The molecular weight excluding hydrogens is 438 g/mol. The SMILES string of the molecule is CC(CCCCc1ccc(-c2ccc(Br)s2)cc1)(C(=O)NO)S(C)(=O)=O. The molecule has 26 heavy (non-hydrogen) atoms. The third-order valence-corrected chi connectivity index (χ3v) is 8.28. The molecule has 0 saturated carbocycles. The van der Waals surface area contributed by atoms with Crippen molar-refractivity contribution in [2.75, 3.05) is 6.26 Å². The van der Waals surface area contributed by atoms with Gasteiger partial charge in [0.25, 0.3) is 5.91 Å². The Hall–Kier alpha value is -1.22. The molecule has 0 spiro atoms. The number of nitrogens with one attached hydrogen (secondary N) is 1. The van der Waals surface area contributed by atoms with Gasteiger partial charge in [0.15, 0.2) is 9.84 Å². The van der Waals surface area contributed by atoms with Gasteiger partial charge in [-0.25, -0.2) is 13.9 Å². The molecule has 1 atom stereocenters. The molecule has 0 fully saturated rings. The lowest BCUT2D eigenvalue weighted by atomic mass is 9.99. The number of hydroxylamine groups is 1. The minimum Gasteiger partial charge on any atom is -0.289 e. The van der Waals surface area contributed by atoms with Gasteiger partial charge in [0.2, 0.25) is 0 Å². The second-order valence-electron chi connectivity index (χ2n) is 6.45. The smallest absolute Gasteiger partial charge is 0.264 e. The number of amides is 1. The van der Waals surface area contributed by atoms with Crippen LogP contribution in [0.4, 0.5) is 0 Å². The van der Waals surface area contributed by atoms with Gasteiger partial charge in [0, 0.05) is 11.1 Å². The molecule has 2 rings (SSSR count). The van der Waals surface area contributed by atoms with Crippen molar-refractivity contribution in [3.8, 4) is 10.4 Å². The summed E-state index contributed by atoms with van der Waals surface area (Å²) in [5, 5.41) is 8.82. The molecule has 2 N–H and O–H groups in total. The van der Waals surface area contributed by atoms with Crippen molar-refractivity contribution >= 4 is 43.0 Å². The zero-order chi connectivity index (χ0) is 19.4. The first-order valence-electron chi connectivity index (χ1n) is 8.16. The number of sulfone groups is 1. The van der Waals surface area contributed by atoms with E-state index >= 15 is 0 Å². The number of hydrogen-bond donors (Lipinski definition) is 2. The number of carbonyl (C=O) groups excluding carboxylic acids is 1. The van der Waals surface area contributed by atoms with E-state index in [1.807, 2.05) is 6.07 Å². The topological polar surface area (TPSA) is 83.5 Å². The molecule has 0 aliphatic heterocycles. The Balaban J connectivity index is 1.92. The van der Waals surface area contributed by atoms with Gasteiger partial charge in [0.05, 0.1) is 3.79 Å². The van der Waals surface area contributed by atoms with E-state index in [4.69, 9.17) is 5.21 Å². The van der Waals surface area contributed by atoms with E-state index in [-0.39, 0.29) is 6.42 Å². The largest absolute Gasteiger partial charge is 0.289 e. The van der Waals surface area contributed by atoms with Gasteiger partial charge in [-0.1, -0.05) is 30.7 Å². The van der Waals surface area contributed by atoms with Crippen LogP contribution >= 0.6 is 27.3 Å². The maximum atomic E-state index is 11.9. The first-order valence-corrected chi connectivity index (χ1v) is 11.7. The highest BCUT2D eigenvalue weighted by atomic mass is 79.9. The number of carbonyl (C=O) groups is 1. The quantitative estimate of drug-likeness (QED) is 0.352. The van der Waals surface area contributed by atoms with Crippen LogP contribution in [0.5, 0.6) is 0 Å². The van der Waals surface area contributed by atoms with E-state index in [1.165, 1.54) is 17.3 Å². The third kappa shape index (κ3) is 4.94. The lowest BCUT2D eigenvalue weighted by Crippen LogP contribution is -2.49. The summed E-state index contributed by atoms with van der Waals surface area (Å²) < 4.78 is 23.3. The Bertz CT molecular complexity index is 862. The minimum atomic E-state index is -3.63. The lowest BCUT2D eigenvalue weighted by Gasteiger charge is -2.24. The Morgan fingerprint density at radius 3 is 2.35 bits per heavy atom. The predicted molar refractivity (Wildman–Crippen MR) is 108 cm³/mol. The van der Waals surface area contributed by atoms with Crippen LogP contribution in [0.25, 0.3) is 10.4 Å². The van der Waals surface area contributed by atoms with E-state index in [2.05, 4.69) is 46.3 Å². The molecule has 0 aliphatic rings. The molecule has 8 heteroatoms. The number of halogens is 1. The predicted octanol–water partition coefficient (Wildman–Crippen LogP) is 4.20. The Morgan fingerprint density at radius 2 is 1.85 bits per heavy atom. The maximum Gasteiger partial charge on any atom is 0.264 e. The summed E-state index contributed by atoms with van der Waals surface area (Å²) in [5.41, 5.74) is 3.80. The number of thiophene rings is 1. The monoisotopic (exact) mass is 459 g/mol. The van der Waals surface area contributed by atoms with Gasteiger partial charge in [-0.2, -0.15) is 0 Å². The van der Waals surface area contributed by atoms with Crippen LogP contribution in [-0.4, -0.2) is 30.5 Å². The van der Waals surface area contributed by atoms with Crippen LogP contribution in [0.3, 0.4) is 0 Å². The van der Waals surface area contributed by atoms with Gasteiger partial charge < -0.3 is 0 Å². The fourth-order valence-corrected chi connectivity index (χ4v) is 4.97. The van der Waals surface area contributed by atoms with Gasteiger partial charge in [0.1, 0.15) is 4.75 Å². The number of unbranched alkanes of at least 4 members (excludes halogenated alkanes) is 1. The summed E-state index contributed by atoms with van der Waals surface area (Å²) in [5.74, 6) is -0.883. The lowest BCUT2D eigenvalue weighted by molar-refractivity contribution is -0.131. The zero-order valence-corrected chi connectivity index (χ0v) is 17.9. The van der Waals surface area contributed by atoms with Crippen molar-refractivity contribution in [2.45, 2.75) is 37.4 Å². The van der Waals surface area contributed by atoms with Crippen molar-refractivity contribution in [3.05, 3.63) is 45.7 Å². The van der Waals surface area contributed by atoms with Crippen molar-refractivity contribution in [1.29, 1.82) is 0 Å². The highest BCUT2D eigenvalue weighted by Crippen LogP contribution is 2.31. The average Bonchev–Trinajstić information content (AvgIpc) is 3.03. The normalized spacial score (nSPS) is 14.0. The van der Waals surface area contributed by atoms with Crippen LogP contribution < -0.4 is 5.48 Å². The van der Waals surface area contributed by atoms with Gasteiger partial charge in [-0.15, -0.1) is 11.3 Å². The molecule has 142 valence electrons. The van der Waals surface area contributed by atoms with Crippen LogP contribution in [0.1, 0.15) is 31.7 Å². The number of rotatable bonds is 8. The number of benzene rings is 1. The molecule has 0 bridgehead atoms.